The van der Waals surface area contributed by atoms with Crippen molar-refractivity contribution in [1.29, 1.82) is 0 Å². The fourth-order valence-corrected chi connectivity index (χ4v) is 3.05. The molecule has 0 saturated heterocycles. The van der Waals surface area contributed by atoms with Crippen LogP contribution in [0, 0.1) is 0 Å². The predicted octanol–water partition coefficient (Wildman–Crippen LogP) is 1.63. The Hall–Kier alpha value is -3.26. The van der Waals surface area contributed by atoms with Gasteiger partial charge in [-0.05, 0) is 19.1 Å². The molecule has 1 aromatic carbocycles. The monoisotopic (exact) mass is 444 g/mol. The molecule has 0 aliphatic carbocycles. The van der Waals surface area contributed by atoms with E-state index in [0.717, 1.165) is 4.68 Å². The first-order valence-electron chi connectivity index (χ1n) is 8.25. The number of hydrogen-bond acceptors (Lipinski definition) is 7. The van der Waals surface area contributed by atoms with Crippen LogP contribution in [0.1, 0.15) is 35.0 Å². The molecule has 2 aromatic heterocycles. The third-order valence-corrected chi connectivity index (χ3v) is 4.89. The quantitative estimate of drug-likeness (QED) is 0.608. The average molecular weight is 444 g/mol. The number of sulfonamides is 1. The molecule has 1 atom stereocenters. The number of primary sulfonamides is 1. The first-order chi connectivity index (χ1) is 13.9. The molecule has 30 heavy (non-hydrogen) atoms. The summed E-state index contributed by atoms with van der Waals surface area (Å²) >= 11 is 0. The van der Waals surface area contributed by atoms with Gasteiger partial charge in [0.25, 0.3) is 5.91 Å². The van der Waals surface area contributed by atoms with Crippen LogP contribution in [0.25, 0.3) is 11.4 Å². The predicted molar refractivity (Wildman–Crippen MR) is 95.2 cm³/mol. The van der Waals surface area contributed by atoms with E-state index in [9.17, 15) is 26.4 Å². The Labute approximate surface area is 167 Å². The highest BCUT2D eigenvalue weighted by Crippen LogP contribution is 2.28. The van der Waals surface area contributed by atoms with E-state index in [2.05, 4.69) is 20.6 Å². The summed E-state index contributed by atoms with van der Waals surface area (Å²) in [5.74, 6) is -0.835. The summed E-state index contributed by atoms with van der Waals surface area (Å²) in [6.45, 7) is 1.48. The van der Waals surface area contributed by atoms with E-state index in [0.29, 0.717) is 11.6 Å². The summed E-state index contributed by atoms with van der Waals surface area (Å²) in [4.78, 5) is 16.2. The molecular weight excluding hydrogens is 429 g/mol. The molecule has 1 unspecified atom stereocenters. The van der Waals surface area contributed by atoms with E-state index in [-0.39, 0.29) is 22.3 Å². The van der Waals surface area contributed by atoms with Gasteiger partial charge in [0.05, 0.1) is 4.90 Å². The zero-order valence-electron chi connectivity index (χ0n) is 15.5. The van der Waals surface area contributed by atoms with E-state index in [1.807, 2.05) is 0 Å². The van der Waals surface area contributed by atoms with Gasteiger partial charge in [-0.25, -0.2) is 13.6 Å². The van der Waals surface area contributed by atoms with Crippen LogP contribution in [-0.4, -0.2) is 34.2 Å². The average Bonchev–Trinajstić information content (AvgIpc) is 3.28. The van der Waals surface area contributed by atoms with Crippen molar-refractivity contribution in [3.63, 3.8) is 0 Å². The van der Waals surface area contributed by atoms with E-state index >= 15 is 0 Å². The molecule has 0 fully saturated rings. The molecule has 3 aromatic rings. The van der Waals surface area contributed by atoms with Gasteiger partial charge in [0, 0.05) is 18.7 Å². The summed E-state index contributed by atoms with van der Waals surface area (Å²) < 4.78 is 67.1. The normalized spacial score (nSPS) is 13.3. The van der Waals surface area contributed by atoms with Crippen molar-refractivity contribution in [3.05, 3.63) is 47.6 Å². The molecule has 0 bridgehead atoms. The third-order valence-electron chi connectivity index (χ3n) is 3.98. The second-order valence-corrected chi connectivity index (χ2v) is 7.82. The lowest BCUT2D eigenvalue weighted by atomic mass is 10.2. The van der Waals surface area contributed by atoms with Gasteiger partial charge < -0.3 is 9.84 Å². The van der Waals surface area contributed by atoms with Crippen LogP contribution in [0.4, 0.5) is 13.2 Å². The Morgan fingerprint density at radius 3 is 2.60 bits per heavy atom. The number of hydrogen-bond donors (Lipinski definition) is 2. The van der Waals surface area contributed by atoms with Gasteiger partial charge in [-0.15, -0.1) is 0 Å². The van der Waals surface area contributed by atoms with Gasteiger partial charge in [-0.3, -0.25) is 9.48 Å². The van der Waals surface area contributed by atoms with Crippen LogP contribution in [0.2, 0.25) is 0 Å². The van der Waals surface area contributed by atoms with Crippen molar-refractivity contribution < 1.29 is 30.9 Å². The number of carbonyl (C=O) groups is 1. The molecule has 0 aliphatic rings. The molecule has 0 radical (unpaired) electrons. The van der Waals surface area contributed by atoms with E-state index in [1.165, 1.54) is 38.2 Å². The lowest BCUT2D eigenvalue weighted by Crippen LogP contribution is -2.28. The van der Waals surface area contributed by atoms with Crippen LogP contribution >= 0.6 is 0 Å². The van der Waals surface area contributed by atoms with E-state index in [4.69, 9.17) is 9.66 Å². The maximum Gasteiger partial charge on any atom is 0.435 e. The Morgan fingerprint density at radius 1 is 1.30 bits per heavy atom. The van der Waals surface area contributed by atoms with E-state index < -0.39 is 33.8 Å². The van der Waals surface area contributed by atoms with Crippen LogP contribution in [0.3, 0.4) is 0 Å². The minimum Gasteiger partial charge on any atom is -0.339 e. The van der Waals surface area contributed by atoms with Gasteiger partial charge in [0.2, 0.25) is 21.7 Å². The van der Waals surface area contributed by atoms with Crippen molar-refractivity contribution in [2.45, 2.75) is 24.0 Å². The molecule has 3 rings (SSSR count). The van der Waals surface area contributed by atoms with Gasteiger partial charge in [-0.1, -0.05) is 17.3 Å². The Bertz CT molecular complexity index is 1200. The maximum absolute atomic E-state index is 12.8. The zero-order chi connectivity index (χ0) is 22.3. The largest absolute Gasteiger partial charge is 0.435 e. The van der Waals surface area contributed by atoms with E-state index in [1.54, 1.807) is 0 Å². The van der Waals surface area contributed by atoms with Crippen LogP contribution in [0.15, 0.2) is 39.8 Å². The van der Waals surface area contributed by atoms with Gasteiger partial charge in [-0.2, -0.15) is 23.3 Å². The molecule has 0 saturated carbocycles. The third kappa shape index (κ3) is 4.49. The number of alkyl halides is 3. The Balaban J connectivity index is 1.78. The van der Waals surface area contributed by atoms with Gasteiger partial charge >= 0.3 is 6.18 Å². The smallest absolute Gasteiger partial charge is 0.339 e. The van der Waals surface area contributed by atoms with Crippen molar-refractivity contribution in [3.8, 4) is 11.4 Å². The standard InChI is InChI=1S/C16H15F3N6O4S/c1-8(21-14(26)11-7-12(16(17,18)19)23-25(11)2)15-22-13(24-29-15)9-4-3-5-10(6-9)30(20,27)28/h3-8H,1-2H3,(H,21,26)(H2,20,27,28). The Kier molecular flexibility index (Phi) is 5.38. The number of rotatable bonds is 5. The second-order valence-electron chi connectivity index (χ2n) is 6.26. The lowest BCUT2D eigenvalue weighted by Gasteiger charge is -2.09. The fourth-order valence-electron chi connectivity index (χ4n) is 2.49. The molecule has 0 aliphatic heterocycles. The summed E-state index contributed by atoms with van der Waals surface area (Å²) in [7, 11) is -2.73. The number of aryl methyl sites for hydroxylation is 1. The first kappa shape index (κ1) is 21.4. The summed E-state index contributed by atoms with van der Waals surface area (Å²) in [5.41, 5.74) is -1.20. The van der Waals surface area contributed by atoms with Crippen LogP contribution < -0.4 is 10.5 Å². The highest BCUT2D eigenvalue weighted by Gasteiger charge is 2.35. The number of nitrogens with one attached hydrogen (secondary N) is 1. The molecule has 160 valence electrons. The number of nitrogens with zero attached hydrogens (tertiary/aromatic N) is 4. The molecule has 0 spiro atoms. The Morgan fingerprint density at radius 2 is 2.00 bits per heavy atom. The minimum absolute atomic E-state index is 0.0384. The number of carbonyl (C=O) groups excluding carboxylic acids is 1. The van der Waals surface area contributed by atoms with Crippen molar-refractivity contribution >= 4 is 15.9 Å². The summed E-state index contributed by atoms with van der Waals surface area (Å²) in [6.07, 6.45) is -4.69. The van der Waals surface area contributed by atoms with Crippen LogP contribution in [-0.2, 0) is 23.2 Å². The molecule has 3 N–H and O–H groups in total. The van der Waals surface area contributed by atoms with Crippen molar-refractivity contribution in [2.75, 3.05) is 0 Å². The van der Waals surface area contributed by atoms with Crippen LogP contribution in [0.5, 0.6) is 0 Å². The number of benzene rings is 1. The molecule has 2 heterocycles. The van der Waals surface area contributed by atoms with Crippen molar-refractivity contribution in [2.24, 2.45) is 12.2 Å². The zero-order valence-corrected chi connectivity index (χ0v) is 16.3. The number of nitrogens with two attached hydrogens (primary N) is 1. The minimum atomic E-state index is -4.69. The highest BCUT2D eigenvalue weighted by atomic mass is 32.2. The molecule has 10 nitrogen and oxygen atoms in total. The van der Waals surface area contributed by atoms with Gasteiger partial charge in [0.15, 0.2) is 5.69 Å². The fraction of sp³-hybridized carbons (Fsp3) is 0.250. The number of amides is 1. The van der Waals surface area contributed by atoms with Crippen molar-refractivity contribution in [1.82, 2.24) is 25.2 Å². The topological polar surface area (TPSA) is 146 Å². The number of halogens is 3. The van der Waals surface area contributed by atoms with Gasteiger partial charge in [0.1, 0.15) is 11.7 Å². The SMILES string of the molecule is CC(NC(=O)c1cc(C(F)(F)F)nn1C)c1nc(-c2cccc(S(N)(=O)=O)c2)no1. The second kappa shape index (κ2) is 7.53. The maximum atomic E-state index is 12.8. The summed E-state index contributed by atoms with van der Waals surface area (Å²) in [6, 6.07) is 5.29. The highest BCUT2D eigenvalue weighted by molar-refractivity contribution is 7.89. The summed E-state index contributed by atoms with van der Waals surface area (Å²) in [5, 5.41) is 14.5. The lowest BCUT2D eigenvalue weighted by molar-refractivity contribution is -0.141. The first-order valence-corrected chi connectivity index (χ1v) is 9.80. The number of aromatic nitrogens is 4. The molecule has 1 amide bonds. The molecular formula is C16H15F3N6O4S. The molecule has 14 heteroatoms.